The van der Waals surface area contributed by atoms with E-state index in [9.17, 15) is 4.57 Å². The highest BCUT2D eigenvalue weighted by Crippen LogP contribution is 2.42. The Labute approximate surface area is 56.6 Å². The van der Waals surface area contributed by atoms with Crippen molar-refractivity contribution < 1.29 is 9.67 Å². The van der Waals surface area contributed by atoms with E-state index in [1.54, 1.807) is 13.3 Å². The summed E-state index contributed by atoms with van der Waals surface area (Å²) in [4.78, 5) is 0. The molecule has 0 saturated heterocycles. The van der Waals surface area contributed by atoms with Gasteiger partial charge < -0.3 is 9.67 Å². The average Bonchev–Trinajstić information content (AvgIpc) is 1.64. The molecule has 56 valence electrons. The van der Waals surface area contributed by atoms with Crippen LogP contribution in [0.3, 0.4) is 0 Å². The molecule has 0 fully saturated rings. The largest absolute Gasteiger partial charge is 0.385 e. The van der Waals surface area contributed by atoms with Gasteiger partial charge in [0.15, 0.2) is 0 Å². The second kappa shape index (κ2) is 3.38. The summed E-state index contributed by atoms with van der Waals surface area (Å²) in [5.41, 5.74) is 0. The van der Waals surface area contributed by atoms with Gasteiger partial charge in [-0.15, -0.1) is 0 Å². The minimum absolute atomic E-state index is 0.581. The van der Waals surface area contributed by atoms with Gasteiger partial charge in [0.25, 0.3) is 0 Å². The summed E-state index contributed by atoms with van der Waals surface area (Å²) in [6, 6.07) is 0. The van der Waals surface area contributed by atoms with Crippen molar-refractivity contribution in [1.82, 2.24) is 0 Å². The topological polar surface area (TPSA) is 37.3 Å². The second-order valence-corrected chi connectivity index (χ2v) is 6.17. The smallest absolute Gasteiger partial charge is 0.109 e. The molecule has 0 aliphatic heterocycles. The maximum Gasteiger partial charge on any atom is 0.109 e. The molecular weight excluding hydrogens is 135 g/mol. The zero-order chi connectivity index (χ0) is 7.49. The molecule has 1 atom stereocenters. The van der Waals surface area contributed by atoms with Gasteiger partial charge in [-0.05, 0) is 19.8 Å². The molecule has 9 heavy (non-hydrogen) atoms. The Kier molecular flexibility index (Phi) is 3.45. The molecule has 0 saturated carbocycles. The van der Waals surface area contributed by atoms with Gasteiger partial charge in [0, 0.05) is 0 Å². The van der Waals surface area contributed by atoms with Gasteiger partial charge in [-0.3, -0.25) is 0 Å². The SMILES string of the molecule is CCCC(O)P(C)(C)=O. The summed E-state index contributed by atoms with van der Waals surface area (Å²) in [5, 5.41) is 9.12. The first kappa shape index (κ1) is 9.19. The number of aliphatic hydroxyl groups excluding tert-OH is 1. The Morgan fingerprint density at radius 2 is 2.00 bits per heavy atom. The fourth-order valence-corrected chi connectivity index (χ4v) is 1.45. The maximum absolute atomic E-state index is 11.1. The van der Waals surface area contributed by atoms with Crippen LogP contribution in [-0.4, -0.2) is 24.3 Å². The highest BCUT2D eigenvalue weighted by atomic mass is 31.2. The molecule has 0 aromatic rings. The first-order valence-corrected chi connectivity index (χ1v) is 5.88. The van der Waals surface area contributed by atoms with E-state index in [0.717, 1.165) is 6.42 Å². The third-order valence-corrected chi connectivity index (χ3v) is 2.96. The Balaban J connectivity index is 3.74. The zero-order valence-corrected chi connectivity index (χ0v) is 7.19. The van der Waals surface area contributed by atoms with Crippen LogP contribution >= 0.6 is 7.14 Å². The molecule has 0 bridgehead atoms. The van der Waals surface area contributed by atoms with Crippen LogP contribution in [0.1, 0.15) is 19.8 Å². The lowest BCUT2D eigenvalue weighted by molar-refractivity contribution is 0.237. The van der Waals surface area contributed by atoms with E-state index in [0.29, 0.717) is 6.42 Å². The molecule has 0 aromatic carbocycles. The molecule has 0 radical (unpaired) electrons. The van der Waals surface area contributed by atoms with E-state index in [1.807, 2.05) is 6.92 Å². The van der Waals surface area contributed by atoms with E-state index < -0.39 is 13.0 Å². The minimum Gasteiger partial charge on any atom is -0.385 e. The van der Waals surface area contributed by atoms with Crippen LogP contribution in [-0.2, 0) is 4.57 Å². The predicted octanol–water partition coefficient (Wildman–Crippen LogP) is 1.73. The van der Waals surface area contributed by atoms with Crippen LogP contribution in [0, 0.1) is 0 Å². The van der Waals surface area contributed by atoms with E-state index in [-0.39, 0.29) is 0 Å². The molecule has 3 heteroatoms. The Morgan fingerprint density at radius 3 is 2.11 bits per heavy atom. The van der Waals surface area contributed by atoms with Crippen molar-refractivity contribution in [3.63, 3.8) is 0 Å². The van der Waals surface area contributed by atoms with E-state index in [1.165, 1.54) is 0 Å². The van der Waals surface area contributed by atoms with Crippen molar-refractivity contribution in [1.29, 1.82) is 0 Å². The molecule has 0 heterocycles. The molecule has 2 nitrogen and oxygen atoms in total. The van der Waals surface area contributed by atoms with Crippen molar-refractivity contribution in [2.75, 3.05) is 13.3 Å². The third-order valence-electron chi connectivity index (χ3n) is 1.26. The van der Waals surface area contributed by atoms with Gasteiger partial charge in [0.2, 0.25) is 0 Å². The van der Waals surface area contributed by atoms with E-state index >= 15 is 0 Å². The Hall–Kier alpha value is 0.190. The van der Waals surface area contributed by atoms with Gasteiger partial charge in [0.1, 0.15) is 13.0 Å². The standard InChI is InChI=1S/C6H15O2P/c1-4-5-6(7)9(2,3)8/h6-7H,4-5H2,1-3H3. The maximum atomic E-state index is 11.1. The Morgan fingerprint density at radius 1 is 1.56 bits per heavy atom. The summed E-state index contributed by atoms with van der Waals surface area (Å²) >= 11 is 0. The zero-order valence-electron chi connectivity index (χ0n) is 6.29. The number of hydrogen-bond donors (Lipinski definition) is 1. The molecule has 0 amide bonds. The van der Waals surface area contributed by atoms with Crippen LogP contribution < -0.4 is 0 Å². The molecule has 0 rings (SSSR count). The van der Waals surface area contributed by atoms with Crippen LogP contribution in [0.4, 0.5) is 0 Å². The number of aliphatic hydroxyl groups is 1. The van der Waals surface area contributed by atoms with E-state index in [2.05, 4.69) is 0 Å². The predicted molar refractivity (Wildman–Crippen MR) is 40.4 cm³/mol. The van der Waals surface area contributed by atoms with Crippen LogP contribution in [0.5, 0.6) is 0 Å². The highest BCUT2D eigenvalue weighted by Gasteiger charge is 2.17. The van der Waals surface area contributed by atoms with Gasteiger partial charge in [-0.1, -0.05) is 13.3 Å². The third kappa shape index (κ3) is 3.72. The normalized spacial score (nSPS) is 15.6. The number of rotatable bonds is 3. The number of hydrogen-bond acceptors (Lipinski definition) is 2. The van der Waals surface area contributed by atoms with Crippen molar-refractivity contribution in [3.05, 3.63) is 0 Å². The highest BCUT2D eigenvalue weighted by molar-refractivity contribution is 7.62. The average molecular weight is 150 g/mol. The van der Waals surface area contributed by atoms with Gasteiger partial charge in [-0.25, -0.2) is 0 Å². The van der Waals surface area contributed by atoms with Crippen LogP contribution in [0.2, 0.25) is 0 Å². The van der Waals surface area contributed by atoms with Gasteiger partial charge >= 0.3 is 0 Å². The quantitative estimate of drug-likeness (QED) is 0.622. The molecule has 0 aliphatic rings. The molecular formula is C6H15O2P. The summed E-state index contributed by atoms with van der Waals surface area (Å²) in [6.07, 6.45) is 1.55. The Bertz CT molecular complexity index is 116. The molecule has 1 N–H and O–H groups in total. The monoisotopic (exact) mass is 150 g/mol. The van der Waals surface area contributed by atoms with Gasteiger partial charge in [-0.2, -0.15) is 0 Å². The molecule has 0 aromatic heterocycles. The van der Waals surface area contributed by atoms with Crippen molar-refractivity contribution in [3.8, 4) is 0 Å². The lowest BCUT2D eigenvalue weighted by Gasteiger charge is -2.13. The second-order valence-electron chi connectivity index (χ2n) is 2.70. The van der Waals surface area contributed by atoms with Crippen molar-refractivity contribution in [2.45, 2.75) is 25.6 Å². The fourth-order valence-electron chi connectivity index (χ4n) is 0.569. The summed E-state index contributed by atoms with van der Waals surface area (Å²) < 4.78 is 11.1. The van der Waals surface area contributed by atoms with Crippen LogP contribution in [0.15, 0.2) is 0 Å². The molecule has 0 spiro atoms. The fraction of sp³-hybridized carbons (Fsp3) is 1.00. The lowest BCUT2D eigenvalue weighted by Crippen LogP contribution is -2.04. The first-order chi connectivity index (χ1) is 3.98. The van der Waals surface area contributed by atoms with E-state index in [4.69, 9.17) is 5.11 Å². The van der Waals surface area contributed by atoms with Gasteiger partial charge in [0.05, 0.1) is 0 Å². The minimum atomic E-state index is -2.22. The molecule has 1 unspecified atom stereocenters. The van der Waals surface area contributed by atoms with Crippen molar-refractivity contribution >= 4 is 7.14 Å². The molecule has 0 aliphatic carbocycles. The summed E-state index contributed by atoms with van der Waals surface area (Å²) in [5.74, 6) is -0.581. The summed E-state index contributed by atoms with van der Waals surface area (Å²) in [7, 11) is -2.22. The summed E-state index contributed by atoms with van der Waals surface area (Å²) in [6.45, 7) is 5.21. The lowest BCUT2D eigenvalue weighted by atomic mass is 10.4. The van der Waals surface area contributed by atoms with Crippen LogP contribution in [0.25, 0.3) is 0 Å². The first-order valence-electron chi connectivity index (χ1n) is 3.21. The van der Waals surface area contributed by atoms with Crippen molar-refractivity contribution in [2.24, 2.45) is 0 Å².